The minimum Gasteiger partial charge on any atom is -0.250 e. The molecule has 1 aromatic heterocycles. The molecule has 0 aliphatic heterocycles. The van der Waals surface area contributed by atoms with Crippen LogP contribution in [0.1, 0.15) is 38.3 Å². The monoisotopic (exact) mass is 287 g/mol. The van der Waals surface area contributed by atoms with Gasteiger partial charge in [0.1, 0.15) is 0 Å². The molecule has 3 unspecified atom stereocenters. The Bertz CT molecular complexity index is 286. The van der Waals surface area contributed by atoms with E-state index in [1.54, 1.807) is 11.3 Å². The van der Waals surface area contributed by atoms with E-state index in [1.165, 1.54) is 37.8 Å². The zero-order chi connectivity index (χ0) is 10.7. The summed E-state index contributed by atoms with van der Waals surface area (Å²) in [5, 5.41) is 2.20. The Hall–Kier alpha value is 0.110. The number of aromatic nitrogens is 1. The van der Waals surface area contributed by atoms with Gasteiger partial charge in [0.25, 0.3) is 0 Å². The molecule has 3 atom stereocenters. The smallest absolute Gasteiger partial charge is 0.0794 e. The van der Waals surface area contributed by atoms with Crippen LogP contribution < -0.4 is 0 Å². The molecule has 84 valence electrons. The maximum Gasteiger partial charge on any atom is 0.0794 e. The number of hydrogen-bond donors (Lipinski definition) is 0. The maximum atomic E-state index is 4.41. The molecule has 0 bridgehead atoms. The summed E-state index contributed by atoms with van der Waals surface area (Å²) in [6, 6.07) is 0. The highest BCUT2D eigenvalue weighted by atomic mass is 79.9. The van der Waals surface area contributed by atoms with E-state index in [1.807, 2.05) is 5.51 Å². The molecule has 0 saturated heterocycles. The molecule has 1 aromatic rings. The second kappa shape index (κ2) is 5.44. The summed E-state index contributed by atoms with van der Waals surface area (Å²) in [6.07, 6.45) is 6.59. The summed E-state index contributed by atoms with van der Waals surface area (Å²) in [6.45, 7) is 2.33. The minimum atomic E-state index is 0.740. The zero-order valence-electron chi connectivity index (χ0n) is 9.16. The highest BCUT2D eigenvalue weighted by Gasteiger charge is 2.28. The quantitative estimate of drug-likeness (QED) is 0.757. The van der Waals surface area contributed by atoms with Crippen molar-refractivity contribution in [1.29, 1.82) is 0 Å². The van der Waals surface area contributed by atoms with Gasteiger partial charge in [0.05, 0.1) is 11.2 Å². The molecule has 1 heterocycles. The Morgan fingerprint density at radius 1 is 1.47 bits per heavy atom. The van der Waals surface area contributed by atoms with E-state index in [4.69, 9.17) is 0 Å². The van der Waals surface area contributed by atoms with Gasteiger partial charge in [-0.2, -0.15) is 0 Å². The van der Waals surface area contributed by atoms with Gasteiger partial charge in [0, 0.05) is 10.2 Å². The van der Waals surface area contributed by atoms with Gasteiger partial charge < -0.3 is 0 Å². The molecular weight excluding hydrogens is 270 g/mol. The number of halogens is 1. The van der Waals surface area contributed by atoms with Crippen LogP contribution in [0.25, 0.3) is 0 Å². The fraction of sp³-hybridized carbons (Fsp3) is 0.750. The first-order valence-corrected chi connectivity index (χ1v) is 7.66. The van der Waals surface area contributed by atoms with Gasteiger partial charge in [-0.15, -0.1) is 11.3 Å². The third kappa shape index (κ3) is 3.04. The second-order valence-corrected chi connectivity index (χ2v) is 6.54. The average molecular weight is 288 g/mol. The molecule has 1 aliphatic carbocycles. The number of nitrogens with zero attached hydrogens (tertiary/aromatic N) is 1. The summed E-state index contributed by atoms with van der Waals surface area (Å²) in [4.78, 5) is 5.15. The number of alkyl halides is 1. The van der Waals surface area contributed by atoms with Crippen molar-refractivity contribution in [2.75, 3.05) is 0 Å². The lowest BCUT2D eigenvalue weighted by atomic mass is 9.76. The predicted octanol–water partition coefficient (Wildman–Crippen LogP) is 4.28. The summed E-state index contributed by atoms with van der Waals surface area (Å²) in [5.41, 5.74) is 3.25. The molecule has 0 radical (unpaired) electrons. The lowest BCUT2D eigenvalue weighted by molar-refractivity contribution is 0.235. The van der Waals surface area contributed by atoms with Gasteiger partial charge >= 0.3 is 0 Å². The van der Waals surface area contributed by atoms with E-state index in [2.05, 4.69) is 33.2 Å². The molecule has 2 rings (SSSR count). The molecule has 0 spiro atoms. The number of hydrogen-bond acceptors (Lipinski definition) is 2. The Labute approximate surface area is 104 Å². The fourth-order valence-corrected chi connectivity index (χ4v) is 3.98. The maximum absolute atomic E-state index is 4.41. The number of rotatable bonds is 3. The number of thiazole rings is 1. The molecule has 1 saturated carbocycles. The summed E-state index contributed by atoms with van der Waals surface area (Å²) in [5.74, 6) is 1.76. The molecule has 3 heteroatoms. The van der Waals surface area contributed by atoms with Gasteiger partial charge in [0.2, 0.25) is 0 Å². The highest BCUT2D eigenvalue weighted by Crippen LogP contribution is 2.37. The Morgan fingerprint density at radius 3 is 3.00 bits per heavy atom. The first-order chi connectivity index (χ1) is 7.29. The second-order valence-electron chi connectivity index (χ2n) is 4.52. The van der Waals surface area contributed by atoms with Crippen LogP contribution in [0.5, 0.6) is 0 Å². The van der Waals surface area contributed by atoms with Crippen molar-refractivity contribution in [3.63, 3.8) is 0 Å². The van der Waals surface area contributed by atoms with Crippen molar-refractivity contribution >= 4 is 27.3 Å². The van der Waals surface area contributed by atoms with E-state index < -0.39 is 0 Å². The molecule has 0 amide bonds. The van der Waals surface area contributed by atoms with E-state index in [-0.39, 0.29) is 0 Å². The van der Waals surface area contributed by atoms with E-state index in [0.717, 1.165) is 16.7 Å². The normalized spacial score (nSPS) is 31.7. The van der Waals surface area contributed by atoms with Crippen LogP contribution in [-0.4, -0.2) is 9.81 Å². The molecule has 15 heavy (non-hydrogen) atoms. The first kappa shape index (κ1) is 11.6. The lowest BCUT2D eigenvalue weighted by Crippen LogP contribution is -2.26. The van der Waals surface area contributed by atoms with Crippen LogP contribution >= 0.6 is 27.3 Å². The van der Waals surface area contributed by atoms with Crippen molar-refractivity contribution in [2.45, 2.75) is 43.9 Å². The summed E-state index contributed by atoms with van der Waals surface area (Å²) < 4.78 is 0. The fourth-order valence-electron chi connectivity index (χ4n) is 2.66. The van der Waals surface area contributed by atoms with E-state index >= 15 is 0 Å². The van der Waals surface area contributed by atoms with Crippen molar-refractivity contribution in [1.82, 2.24) is 4.98 Å². The average Bonchev–Trinajstić information content (AvgIpc) is 2.71. The van der Waals surface area contributed by atoms with E-state index in [0.29, 0.717) is 0 Å². The lowest BCUT2D eigenvalue weighted by Gasteiger charge is -2.33. The Kier molecular flexibility index (Phi) is 4.21. The van der Waals surface area contributed by atoms with Crippen molar-refractivity contribution in [3.05, 3.63) is 16.6 Å². The van der Waals surface area contributed by atoms with Gasteiger partial charge in [-0.25, -0.2) is 4.98 Å². The minimum absolute atomic E-state index is 0.740. The van der Waals surface area contributed by atoms with Crippen LogP contribution in [0.4, 0.5) is 0 Å². The van der Waals surface area contributed by atoms with E-state index in [9.17, 15) is 0 Å². The molecular formula is C12H18BrNS. The summed E-state index contributed by atoms with van der Waals surface area (Å²) >= 11 is 5.49. The van der Waals surface area contributed by atoms with Gasteiger partial charge in [-0.05, 0) is 37.5 Å². The third-order valence-corrected chi connectivity index (χ3v) is 5.02. The van der Waals surface area contributed by atoms with Crippen LogP contribution in [0.3, 0.4) is 0 Å². The van der Waals surface area contributed by atoms with Crippen LogP contribution in [-0.2, 0) is 6.42 Å². The molecule has 1 aliphatic rings. The van der Waals surface area contributed by atoms with Crippen LogP contribution in [0.15, 0.2) is 10.9 Å². The summed E-state index contributed by atoms with van der Waals surface area (Å²) in [7, 11) is 0. The van der Waals surface area contributed by atoms with Gasteiger partial charge in [0.15, 0.2) is 0 Å². The highest BCUT2D eigenvalue weighted by molar-refractivity contribution is 9.09. The van der Waals surface area contributed by atoms with Crippen molar-refractivity contribution < 1.29 is 0 Å². The van der Waals surface area contributed by atoms with Gasteiger partial charge in [-0.1, -0.05) is 29.3 Å². The molecule has 0 N–H and O–H groups in total. The Morgan fingerprint density at radius 2 is 2.33 bits per heavy atom. The van der Waals surface area contributed by atoms with Gasteiger partial charge in [-0.3, -0.25) is 0 Å². The molecule has 1 fully saturated rings. The van der Waals surface area contributed by atoms with Crippen molar-refractivity contribution in [3.8, 4) is 0 Å². The van der Waals surface area contributed by atoms with Crippen LogP contribution in [0.2, 0.25) is 0 Å². The predicted molar refractivity (Wildman–Crippen MR) is 69.7 cm³/mol. The molecule has 0 aromatic carbocycles. The van der Waals surface area contributed by atoms with Crippen molar-refractivity contribution in [2.24, 2.45) is 11.8 Å². The molecule has 1 nitrogen and oxygen atoms in total. The SMILES string of the molecule is CCC1CCC(Br)CC1Cc1cscn1. The van der Waals surface area contributed by atoms with Crippen LogP contribution in [0, 0.1) is 11.8 Å². The largest absolute Gasteiger partial charge is 0.250 e. The topological polar surface area (TPSA) is 12.9 Å². The zero-order valence-corrected chi connectivity index (χ0v) is 11.6. The third-order valence-electron chi connectivity index (χ3n) is 3.56. The first-order valence-electron chi connectivity index (χ1n) is 5.80. The standard InChI is InChI=1S/C12H18BrNS/c1-2-9-3-4-11(13)5-10(9)6-12-7-15-8-14-12/h7-11H,2-6H2,1H3. The Balaban J connectivity index is 1.98.